The summed E-state index contributed by atoms with van der Waals surface area (Å²) in [6, 6.07) is 7.60. The third-order valence-corrected chi connectivity index (χ3v) is 3.38. The first-order chi connectivity index (χ1) is 8.19. The van der Waals surface area contributed by atoms with Crippen LogP contribution in [0.2, 0.25) is 0 Å². The maximum atomic E-state index is 11.3. The third kappa shape index (κ3) is 4.40. The number of carbonyl (C=O) groups excluding carboxylic acids is 1. The molecule has 4 heteroatoms. The molecule has 0 saturated heterocycles. The number of carbonyl (C=O) groups is 1. The monoisotopic (exact) mass is 254 g/mol. The second-order valence-corrected chi connectivity index (χ2v) is 4.57. The lowest BCUT2D eigenvalue weighted by molar-refractivity contribution is -0.139. The van der Waals surface area contributed by atoms with E-state index in [0.717, 1.165) is 10.5 Å². The maximum absolute atomic E-state index is 11.3. The van der Waals surface area contributed by atoms with Crippen LogP contribution in [0.3, 0.4) is 0 Å². The van der Waals surface area contributed by atoms with Crippen molar-refractivity contribution in [2.24, 2.45) is 0 Å². The van der Waals surface area contributed by atoms with Gasteiger partial charge < -0.3 is 9.84 Å². The van der Waals surface area contributed by atoms with Gasteiger partial charge in [0.05, 0.1) is 18.5 Å². The molecule has 1 atom stereocenters. The Morgan fingerprint density at radius 3 is 2.76 bits per heavy atom. The van der Waals surface area contributed by atoms with Gasteiger partial charge in [0.1, 0.15) is 0 Å². The molecule has 0 aromatic heterocycles. The van der Waals surface area contributed by atoms with Gasteiger partial charge in [-0.2, -0.15) is 0 Å². The predicted octanol–water partition coefficient (Wildman–Crippen LogP) is 2.79. The summed E-state index contributed by atoms with van der Waals surface area (Å²) >= 11 is 1.40. The summed E-state index contributed by atoms with van der Waals surface area (Å²) in [6.45, 7) is 4.12. The number of aliphatic hydroxyl groups is 1. The number of hydrogen-bond acceptors (Lipinski definition) is 4. The summed E-state index contributed by atoms with van der Waals surface area (Å²) in [5, 5.41) is 9.85. The quantitative estimate of drug-likeness (QED) is 0.626. The van der Waals surface area contributed by atoms with Crippen molar-refractivity contribution >= 4 is 17.7 Å². The van der Waals surface area contributed by atoms with Crippen molar-refractivity contribution in [1.29, 1.82) is 0 Å². The van der Waals surface area contributed by atoms with Gasteiger partial charge in [0, 0.05) is 4.90 Å². The Balaban J connectivity index is 2.67. The molecular weight excluding hydrogens is 236 g/mol. The van der Waals surface area contributed by atoms with Crippen LogP contribution in [0.5, 0.6) is 0 Å². The summed E-state index contributed by atoms with van der Waals surface area (Å²) in [4.78, 5) is 12.2. The number of rotatable bonds is 6. The average Bonchev–Trinajstić information content (AvgIpc) is 2.36. The number of thioether (sulfide) groups is 1. The molecule has 17 heavy (non-hydrogen) atoms. The Morgan fingerprint density at radius 1 is 1.41 bits per heavy atom. The van der Waals surface area contributed by atoms with Crippen molar-refractivity contribution in [2.75, 3.05) is 12.4 Å². The van der Waals surface area contributed by atoms with Crippen LogP contribution in [0.15, 0.2) is 29.2 Å². The van der Waals surface area contributed by atoms with Crippen molar-refractivity contribution in [1.82, 2.24) is 0 Å². The number of aliphatic hydroxyl groups excluding tert-OH is 1. The van der Waals surface area contributed by atoms with Crippen LogP contribution in [0.25, 0.3) is 0 Å². The highest BCUT2D eigenvalue weighted by atomic mass is 32.2. The Labute approximate surface area is 106 Å². The Bertz CT molecular complexity index is 365. The van der Waals surface area contributed by atoms with Crippen molar-refractivity contribution in [3.05, 3.63) is 29.8 Å². The normalized spacial score (nSPS) is 12.2. The highest BCUT2D eigenvalue weighted by Crippen LogP contribution is 2.28. The lowest BCUT2D eigenvalue weighted by Gasteiger charge is -2.13. The molecule has 1 unspecified atom stereocenters. The number of benzene rings is 1. The van der Waals surface area contributed by atoms with Gasteiger partial charge in [-0.25, -0.2) is 0 Å². The third-order valence-electron chi connectivity index (χ3n) is 2.32. The first-order valence-corrected chi connectivity index (χ1v) is 6.73. The Hall–Kier alpha value is -1.00. The van der Waals surface area contributed by atoms with E-state index >= 15 is 0 Å². The van der Waals surface area contributed by atoms with Gasteiger partial charge in [-0.3, -0.25) is 4.79 Å². The van der Waals surface area contributed by atoms with Gasteiger partial charge in [0.2, 0.25) is 0 Å². The average molecular weight is 254 g/mol. The molecule has 0 saturated carbocycles. The second-order valence-electron chi connectivity index (χ2n) is 3.56. The second kappa shape index (κ2) is 7.35. The zero-order valence-electron chi connectivity index (χ0n) is 10.2. The minimum Gasteiger partial charge on any atom is -0.465 e. The van der Waals surface area contributed by atoms with Crippen LogP contribution in [0, 0.1) is 0 Å². The van der Waals surface area contributed by atoms with Crippen molar-refractivity contribution in [2.45, 2.75) is 31.3 Å². The number of ether oxygens (including phenoxy) is 1. The fourth-order valence-electron chi connectivity index (χ4n) is 1.45. The molecule has 1 aromatic carbocycles. The summed E-state index contributed by atoms with van der Waals surface area (Å²) in [7, 11) is 0. The van der Waals surface area contributed by atoms with Gasteiger partial charge in [-0.15, -0.1) is 11.8 Å². The van der Waals surface area contributed by atoms with Crippen LogP contribution < -0.4 is 0 Å². The first kappa shape index (κ1) is 14.1. The highest BCUT2D eigenvalue weighted by molar-refractivity contribution is 8.00. The standard InChI is InChI=1S/C13H18O3S/c1-3-11(14)10-7-5-6-8-12(10)17-9-13(15)16-4-2/h5-8,11,14H,3-4,9H2,1-2H3. The highest BCUT2D eigenvalue weighted by Gasteiger charge is 2.11. The lowest BCUT2D eigenvalue weighted by Crippen LogP contribution is -2.07. The van der Waals surface area contributed by atoms with Gasteiger partial charge >= 0.3 is 5.97 Å². The van der Waals surface area contributed by atoms with Crippen LogP contribution in [0.1, 0.15) is 31.9 Å². The van der Waals surface area contributed by atoms with E-state index in [1.807, 2.05) is 31.2 Å². The molecule has 0 radical (unpaired) electrons. The lowest BCUT2D eigenvalue weighted by atomic mass is 10.1. The van der Waals surface area contributed by atoms with Gasteiger partial charge in [-0.05, 0) is 25.0 Å². The number of hydrogen-bond donors (Lipinski definition) is 1. The SMILES string of the molecule is CCOC(=O)CSc1ccccc1C(O)CC. The van der Waals surface area contributed by atoms with Gasteiger partial charge in [-0.1, -0.05) is 25.1 Å². The summed E-state index contributed by atoms with van der Waals surface area (Å²) < 4.78 is 4.87. The zero-order valence-corrected chi connectivity index (χ0v) is 11.0. The number of esters is 1. The van der Waals surface area contributed by atoms with Crippen molar-refractivity contribution in [3.63, 3.8) is 0 Å². The molecule has 0 spiro atoms. The first-order valence-electron chi connectivity index (χ1n) is 5.74. The Kier molecular flexibility index (Phi) is 6.08. The van der Waals surface area contributed by atoms with E-state index < -0.39 is 6.10 Å². The summed E-state index contributed by atoms with van der Waals surface area (Å²) in [6.07, 6.45) is 0.192. The molecule has 3 nitrogen and oxygen atoms in total. The van der Waals surface area contributed by atoms with Gasteiger partial charge in [0.25, 0.3) is 0 Å². The van der Waals surface area contributed by atoms with E-state index in [1.54, 1.807) is 6.92 Å². The predicted molar refractivity (Wildman–Crippen MR) is 69.0 cm³/mol. The summed E-state index contributed by atoms with van der Waals surface area (Å²) in [5.74, 6) is 0.0553. The van der Waals surface area contributed by atoms with E-state index in [1.165, 1.54) is 11.8 Å². The summed E-state index contributed by atoms with van der Waals surface area (Å²) in [5.41, 5.74) is 0.879. The molecule has 0 aliphatic heterocycles. The van der Waals surface area contributed by atoms with Crippen LogP contribution >= 0.6 is 11.8 Å². The van der Waals surface area contributed by atoms with Crippen LogP contribution in [-0.2, 0) is 9.53 Å². The van der Waals surface area contributed by atoms with Crippen molar-refractivity contribution < 1.29 is 14.6 Å². The fourth-order valence-corrected chi connectivity index (χ4v) is 2.35. The molecule has 0 aliphatic rings. The molecular formula is C13H18O3S. The smallest absolute Gasteiger partial charge is 0.316 e. The van der Waals surface area contributed by atoms with E-state index in [9.17, 15) is 9.90 Å². The molecule has 1 aromatic rings. The van der Waals surface area contributed by atoms with E-state index in [2.05, 4.69) is 0 Å². The molecule has 0 aliphatic carbocycles. The molecule has 0 heterocycles. The molecule has 94 valence electrons. The van der Waals surface area contributed by atoms with Gasteiger partial charge in [0.15, 0.2) is 0 Å². The van der Waals surface area contributed by atoms with Crippen LogP contribution in [-0.4, -0.2) is 23.4 Å². The van der Waals surface area contributed by atoms with E-state index in [4.69, 9.17) is 4.74 Å². The fraction of sp³-hybridized carbons (Fsp3) is 0.462. The Morgan fingerprint density at radius 2 is 2.12 bits per heavy atom. The topological polar surface area (TPSA) is 46.5 Å². The van der Waals surface area contributed by atoms with E-state index in [0.29, 0.717) is 13.0 Å². The minimum absolute atomic E-state index is 0.224. The van der Waals surface area contributed by atoms with E-state index in [-0.39, 0.29) is 11.7 Å². The molecule has 0 amide bonds. The molecule has 0 fully saturated rings. The van der Waals surface area contributed by atoms with Crippen LogP contribution in [0.4, 0.5) is 0 Å². The minimum atomic E-state index is -0.471. The largest absolute Gasteiger partial charge is 0.465 e. The molecule has 1 rings (SSSR count). The van der Waals surface area contributed by atoms with Crippen molar-refractivity contribution in [3.8, 4) is 0 Å². The molecule has 0 bridgehead atoms. The zero-order chi connectivity index (χ0) is 12.7. The molecule has 1 N–H and O–H groups in total. The maximum Gasteiger partial charge on any atom is 0.316 e.